The Kier molecular flexibility index (Phi) is 3.93. The van der Waals surface area contributed by atoms with Crippen molar-refractivity contribution < 1.29 is 19.4 Å². The number of hydrogen-bond acceptors (Lipinski definition) is 3. The molecule has 4 nitrogen and oxygen atoms in total. The quantitative estimate of drug-likeness (QED) is 0.783. The van der Waals surface area contributed by atoms with Crippen molar-refractivity contribution in [3.63, 3.8) is 0 Å². The van der Waals surface area contributed by atoms with Gasteiger partial charge in [0.2, 0.25) is 0 Å². The number of carboxylic acids is 1. The van der Waals surface area contributed by atoms with E-state index in [2.05, 4.69) is 6.92 Å². The Bertz CT molecular complexity index is 339. The minimum Gasteiger partial charge on any atom is -0.479 e. The number of carbonyl (C=O) groups excluding carboxylic acids is 1. The highest BCUT2D eigenvalue weighted by Gasteiger charge is 2.48. The predicted octanol–water partition coefficient (Wildman–Crippen LogP) is 2.61. The molecule has 0 spiro atoms. The summed E-state index contributed by atoms with van der Waals surface area (Å²) < 4.78 is 4.97. The molecule has 4 heteroatoms. The lowest BCUT2D eigenvalue weighted by Crippen LogP contribution is -2.44. The summed E-state index contributed by atoms with van der Waals surface area (Å²) >= 11 is 0. The van der Waals surface area contributed by atoms with Gasteiger partial charge in [-0.3, -0.25) is 4.79 Å². The van der Waals surface area contributed by atoms with Crippen LogP contribution in [-0.4, -0.2) is 23.7 Å². The summed E-state index contributed by atoms with van der Waals surface area (Å²) in [7, 11) is 0. The fraction of sp³-hybridized carbons (Fsp3) is 0.857. The van der Waals surface area contributed by atoms with Crippen LogP contribution in [-0.2, 0) is 14.3 Å². The van der Waals surface area contributed by atoms with E-state index in [9.17, 15) is 9.59 Å². The van der Waals surface area contributed by atoms with Crippen molar-refractivity contribution in [2.75, 3.05) is 6.61 Å². The van der Waals surface area contributed by atoms with Crippen LogP contribution in [0.15, 0.2) is 0 Å². The fourth-order valence-electron chi connectivity index (χ4n) is 3.84. The first-order chi connectivity index (χ1) is 8.55. The molecule has 0 heterocycles. The molecule has 2 rings (SSSR count). The molecule has 0 aliphatic heterocycles. The van der Waals surface area contributed by atoms with Crippen molar-refractivity contribution in [1.82, 2.24) is 0 Å². The third kappa shape index (κ3) is 2.68. The lowest BCUT2D eigenvalue weighted by molar-refractivity contribution is -0.169. The first kappa shape index (κ1) is 13.4. The molecule has 0 aromatic rings. The molecule has 3 unspecified atom stereocenters. The molecule has 2 saturated carbocycles. The van der Waals surface area contributed by atoms with E-state index < -0.39 is 12.6 Å². The zero-order valence-electron chi connectivity index (χ0n) is 11.0. The first-order valence-electron chi connectivity index (χ1n) is 6.95. The average molecular weight is 254 g/mol. The van der Waals surface area contributed by atoms with Crippen molar-refractivity contribution in [3.8, 4) is 0 Å². The molecule has 0 aromatic heterocycles. The highest BCUT2D eigenvalue weighted by atomic mass is 16.6. The highest BCUT2D eigenvalue weighted by molar-refractivity contribution is 5.80. The van der Waals surface area contributed by atoms with Gasteiger partial charge < -0.3 is 9.84 Å². The second kappa shape index (κ2) is 5.29. The Morgan fingerprint density at radius 2 is 2.17 bits per heavy atom. The normalized spacial score (nSPS) is 34.9. The summed E-state index contributed by atoms with van der Waals surface area (Å²) in [6, 6.07) is 0. The van der Waals surface area contributed by atoms with Crippen molar-refractivity contribution in [2.45, 2.75) is 51.9 Å². The number of carboxylic acid groups (broad SMARTS) is 1. The number of ether oxygens (including phenoxy) is 1. The largest absolute Gasteiger partial charge is 0.479 e. The minimum absolute atomic E-state index is 0.271. The van der Waals surface area contributed by atoms with E-state index in [4.69, 9.17) is 9.84 Å². The van der Waals surface area contributed by atoms with Gasteiger partial charge in [-0.25, -0.2) is 4.79 Å². The van der Waals surface area contributed by atoms with Crippen LogP contribution >= 0.6 is 0 Å². The van der Waals surface area contributed by atoms with E-state index in [1.165, 1.54) is 12.8 Å². The van der Waals surface area contributed by atoms with Gasteiger partial charge in [0.25, 0.3) is 0 Å². The summed E-state index contributed by atoms with van der Waals surface area (Å²) in [6.45, 7) is 1.67. The van der Waals surface area contributed by atoms with Gasteiger partial charge in [0.1, 0.15) is 0 Å². The predicted molar refractivity (Wildman–Crippen MR) is 66.0 cm³/mol. The molecule has 0 saturated heterocycles. The monoisotopic (exact) mass is 254 g/mol. The Labute approximate surface area is 108 Å². The summed E-state index contributed by atoms with van der Waals surface area (Å²) in [6.07, 6.45) is 7.28. The number of hydrogen-bond donors (Lipinski definition) is 1. The maximum atomic E-state index is 12.2. The lowest BCUT2D eigenvalue weighted by atomic mass is 9.58. The number of rotatable bonds is 4. The van der Waals surface area contributed by atoms with Crippen LogP contribution in [0.1, 0.15) is 51.9 Å². The van der Waals surface area contributed by atoms with Crippen LogP contribution in [0.2, 0.25) is 0 Å². The maximum Gasteiger partial charge on any atom is 0.341 e. The van der Waals surface area contributed by atoms with E-state index in [1.54, 1.807) is 0 Å². The van der Waals surface area contributed by atoms with Gasteiger partial charge in [0, 0.05) is 0 Å². The summed E-state index contributed by atoms with van der Waals surface area (Å²) in [5.74, 6) is -0.112. The Hall–Kier alpha value is -1.06. The van der Waals surface area contributed by atoms with E-state index in [0.29, 0.717) is 11.8 Å². The van der Waals surface area contributed by atoms with Crippen molar-refractivity contribution in [1.29, 1.82) is 0 Å². The highest BCUT2D eigenvalue weighted by Crippen LogP contribution is 2.52. The first-order valence-corrected chi connectivity index (χ1v) is 6.95. The van der Waals surface area contributed by atoms with Crippen molar-refractivity contribution in [2.24, 2.45) is 17.3 Å². The molecule has 3 atom stereocenters. The number of esters is 1. The molecule has 102 valence electrons. The van der Waals surface area contributed by atoms with E-state index >= 15 is 0 Å². The third-order valence-electron chi connectivity index (χ3n) is 4.63. The summed E-state index contributed by atoms with van der Waals surface area (Å²) in [5, 5.41) is 8.60. The zero-order chi connectivity index (χ0) is 13.2. The second-order valence-corrected chi connectivity index (χ2v) is 5.93. The molecule has 18 heavy (non-hydrogen) atoms. The van der Waals surface area contributed by atoms with Crippen LogP contribution in [0.4, 0.5) is 0 Å². The van der Waals surface area contributed by atoms with Gasteiger partial charge in [-0.05, 0) is 37.5 Å². The molecule has 0 aromatic carbocycles. The van der Waals surface area contributed by atoms with Gasteiger partial charge in [-0.2, -0.15) is 0 Å². The lowest BCUT2D eigenvalue weighted by Gasteiger charge is -2.46. The SMILES string of the molecule is CCC1CC2CCCC(C(=O)OCC(=O)O)(C1)C2. The van der Waals surface area contributed by atoms with Crippen LogP contribution in [0.5, 0.6) is 0 Å². The topological polar surface area (TPSA) is 63.6 Å². The van der Waals surface area contributed by atoms with Crippen LogP contribution in [0.3, 0.4) is 0 Å². The average Bonchev–Trinajstić information content (AvgIpc) is 2.35. The van der Waals surface area contributed by atoms with Crippen LogP contribution in [0.25, 0.3) is 0 Å². The number of fused-ring (bicyclic) bond motifs is 2. The Balaban J connectivity index is 2.06. The minimum atomic E-state index is -1.07. The standard InChI is InChI=1S/C14H22O4/c1-2-10-6-11-4-3-5-14(7-10,8-11)13(17)18-9-12(15)16/h10-11H,2-9H2,1H3,(H,15,16). The third-order valence-corrected chi connectivity index (χ3v) is 4.63. The second-order valence-electron chi connectivity index (χ2n) is 5.93. The summed E-state index contributed by atoms with van der Waals surface area (Å²) in [4.78, 5) is 22.7. The fourth-order valence-corrected chi connectivity index (χ4v) is 3.84. The molecule has 2 aliphatic carbocycles. The summed E-state index contributed by atoms with van der Waals surface area (Å²) in [5.41, 5.74) is -0.378. The van der Waals surface area contributed by atoms with E-state index in [0.717, 1.165) is 32.1 Å². The van der Waals surface area contributed by atoms with Gasteiger partial charge in [-0.15, -0.1) is 0 Å². The van der Waals surface area contributed by atoms with Crippen molar-refractivity contribution >= 4 is 11.9 Å². The van der Waals surface area contributed by atoms with E-state index in [1.807, 2.05) is 0 Å². The number of carbonyl (C=O) groups is 2. The maximum absolute atomic E-state index is 12.2. The van der Waals surface area contributed by atoms with Crippen LogP contribution < -0.4 is 0 Å². The molecule has 1 N–H and O–H groups in total. The molecular weight excluding hydrogens is 232 g/mol. The molecule has 2 fully saturated rings. The van der Waals surface area contributed by atoms with Gasteiger partial charge in [-0.1, -0.05) is 26.2 Å². The Morgan fingerprint density at radius 1 is 1.39 bits per heavy atom. The van der Waals surface area contributed by atoms with Crippen molar-refractivity contribution in [3.05, 3.63) is 0 Å². The molecular formula is C14H22O4. The van der Waals surface area contributed by atoms with E-state index in [-0.39, 0.29) is 11.4 Å². The van der Waals surface area contributed by atoms with Gasteiger partial charge in [0.15, 0.2) is 6.61 Å². The smallest absolute Gasteiger partial charge is 0.341 e. The molecule has 0 radical (unpaired) electrons. The molecule has 2 bridgehead atoms. The molecule has 0 amide bonds. The molecule has 2 aliphatic rings. The zero-order valence-corrected chi connectivity index (χ0v) is 11.0. The Morgan fingerprint density at radius 3 is 2.83 bits per heavy atom. The van der Waals surface area contributed by atoms with Gasteiger partial charge in [0.05, 0.1) is 5.41 Å². The van der Waals surface area contributed by atoms with Gasteiger partial charge >= 0.3 is 11.9 Å². The van der Waals surface area contributed by atoms with Crippen LogP contribution in [0, 0.1) is 17.3 Å². The number of aliphatic carboxylic acids is 1.